The molecular formula is C53H44F3N3. The number of nitrogens with zero attached hydrogens (tertiary/aromatic N) is 3. The molecule has 0 aliphatic heterocycles. The number of halogens is 3. The van der Waals surface area contributed by atoms with E-state index in [4.69, 9.17) is 6.57 Å². The molecule has 59 heavy (non-hydrogen) atoms. The van der Waals surface area contributed by atoms with Gasteiger partial charge in [0.2, 0.25) is 0 Å². The zero-order chi connectivity index (χ0) is 41.6. The summed E-state index contributed by atoms with van der Waals surface area (Å²) in [4.78, 5) is 4.13. The monoisotopic (exact) mass is 779 g/mol. The van der Waals surface area contributed by atoms with E-state index in [-0.39, 0.29) is 16.4 Å². The standard InChI is InChI=1S/C53H44F3N3/c1-32-15-13-18-41(53(54,55)56)49(32)33-23-26-47(58-43-20-11-9-16-36(43)38-30-34(51(2,3)4)24-27-45(38)58)40(29-33)50-42(57-8)19-14-22-48(50)59-44-21-12-10-17-37(44)39-31-35(52(5,6)7)25-28-46(39)59/h9-31H,1-7H3. The van der Waals surface area contributed by atoms with E-state index < -0.39 is 11.7 Å². The number of fused-ring (bicyclic) bond motifs is 6. The number of aryl methyl sites for hydroxylation is 1. The third-order valence-electron chi connectivity index (χ3n) is 11.8. The van der Waals surface area contributed by atoms with E-state index in [0.717, 1.165) is 61.1 Å². The van der Waals surface area contributed by atoms with Crippen molar-refractivity contribution in [2.75, 3.05) is 0 Å². The summed E-state index contributed by atoms with van der Waals surface area (Å²) in [5.74, 6) is 0. The highest BCUT2D eigenvalue weighted by Crippen LogP contribution is 2.48. The highest BCUT2D eigenvalue weighted by atomic mass is 19.4. The third-order valence-corrected chi connectivity index (χ3v) is 11.8. The molecule has 0 unspecified atom stereocenters. The molecular weight excluding hydrogens is 736 g/mol. The minimum atomic E-state index is -4.58. The fraction of sp³-hybridized carbons (Fsp3) is 0.189. The van der Waals surface area contributed by atoms with Gasteiger partial charge in [0.15, 0.2) is 5.69 Å². The van der Waals surface area contributed by atoms with E-state index in [1.807, 2.05) is 54.6 Å². The number of alkyl halides is 3. The first kappa shape index (κ1) is 38.0. The van der Waals surface area contributed by atoms with E-state index in [1.165, 1.54) is 17.2 Å². The number of benzene rings is 7. The van der Waals surface area contributed by atoms with Gasteiger partial charge in [0.25, 0.3) is 0 Å². The minimum absolute atomic E-state index is 0.0806. The molecule has 0 bridgehead atoms. The summed E-state index contributed by atoms with van der Waals surface area (Å²) >= 11 is 0. The Morgan fingerprint density at radius 3 is 1.56 bits per heavy atom. The normalized spacial score (nSPS) is 12.6. The van der Waals surface area contributed by atoms with Crippen molar-refractivity contribution in [1.82, 2.24) is 9.13 Å². The highest BCUT2D eigenvalue weighted by Gasteiger charge is 2.35. The molecule has 7 aromatic carbocycles. The van der Waals surface area contributed by atoms with Gasteiger partial charge >= 0.3 is 6.18 Å². The van der Waals surface area contributed by atoms with Crippen LogP contribution in [0.2, 0.25) is 0 Å². The maximum Gasteiger partial charge on any atom is 0.417 e. The Labute approximate surface area is 342 Å². The van der Waals surface area contributed by atoms with Gasteiger partial charge in [-0.05, 0) is 112 Å². The quantitative estimate of drug-likeness (QED) is 0.158. The van der Waals surface area contributed by atoms with Crippen molar-refractivity contribution in [1.29, 1.82) is 0 Å². The van der Waals surface area contributed by atoms with Gasteiger partial charge in [0.05, 0.1) is 39.9 Å². The largest absolute Gasteiger partial charge is 0.417 e. The molecule has 0 saturated heterocycles. The van der Waals surface area contributed by atoms with Crippen LogP contribution in [0.3, 0.4) is 0 Å². The van der Waals surface area contributed by atoms with Gasteiger partial charge in [-0.2, -0.15) is 13.2 Å². The van der Waals surface area contributed by atoms with Crippen LogP contribution in [0.1, 0.15) is 63.8 Å². The van der Waals surface area contributed by atoms with E-state index >= 15 is 0 Å². The summed E-state index contributed by atoms with van der Waals surface area (Å²) < 4.78 is 48.9. The SMILES string of the molecule is [C-]#[N+]c1cccc(-n2c3ccccc3c3cc(C(C)(C)C)ccc32)c1-c1cc(-c2c(C)cccc2C(F)(F)F)ccc1-n1c2ccccc2c2cc(C(C)(C)C)ccc21. The predicted molar refractivity (Wildman–Crippen MR) is 239 cm³/mol. The lowest BCUT2D eigenvalue weighted by atomic mass is 9.86. The van der Waals surface area contributed by atoms with Crippen molar-refractivity contribution in [2.24, 2.45) is 0 Å². The zero-order valence-electron chi connectivity index (χ0n) is 34.3. The van der Waals surface area contributed by atoms with Crippen molar-refractivity contribution in [3.05, 3.63) is 173 Å². The second-order valence-corrected chi connectivity index (χ2v) is 17.7. The molecule has 0 aliphatic rings. The fourth-order valence-electron chi connectivity index (χ4n) is 8.86. The highest BCUT2D eigenvalue weighted by molar-refractivity contribution is 6.12. The Balaban J connectivity index is 1.44. The van der Waals surface area contributed by atoms with Crippen molar-refractivity contribution >= 4 is 49.3 Å². The van der Waals surface area contributed by atoms with Crippen LogP contribution in [0.5, 0.6) is 0 Å². The average molecular weight is 780 g/mol. The maximum atomic E-state index is 14.8. The lowest BCUT2D eigenvalue weighted by Gasteiger charge is -2.23. The Bertz CT molecular complexity index is 3190. The van der Waals surface area contributed by atoms with Gasteiger partial charge in [0.1, 0.15) is 0 Å². The minimum Gasteiger partial charge on any atom is -0.310 e. The van der Waals surface area contributed by atoms with Gasteiger partial charge in [-0.3, -0.25) is 0 Å². The first-order valence-electron chi connectivity index (χ1n) is 20.0. The molecule has 9 rings (SSSR count). The molecule has 6 heteroatoms. The number of hydrogen-bond donors (Lipinski definition) is 0. The summed E-state index contributed by atoms with van der Waals surface area (Å²) in [6.45, 7) is 23.5. The fourth-order valence-corrected chi connectivity index (χ4v) is 8.86. The average Bonchev–Trinajstić information content (AvgIpc) is 3.71. The summed E-state index contributed by atoms with van der Waals surface area (Å²) in [7, 11) is 0. The number of para-hydroxylation sites is 2. The lowest BCUT2D eigenvalue weighted by molar-refractivity contribution is -0.137. The van der Waals surface area contributed by atoms with Gasteiger partial charge in [0, 0.05) is 32.8 Å². The number of hydrogen-bond acceptors (Lipinski definition) is 0. The van der Waals surface area contributed by atoms with E-state index in [1.54, 1.807) is 19.1 Å². The van der Waals surface area contributed by atoms with E-state index in [0.29, 0.717) is 27.9 Å². The summed E-state index contributed by atoms with van der Waals surface area (Å²) in [6.07, 6.45) is -4.58. The Morgan fingerprint density at radius 1 is 0.492 bits per heavy atom. The molecule has 0 spiro atoms. The maximum absolute atomic E-state index is 14.8. The second-order valence-electron chi connectivity index (χ2n) is 17.7. The number of rotatable bonds is 4. The van der Waals surface area contributed by atoms with Crippen LogP contribution in [-0.2, 0) is 17.0 Å². The molecule has 0 amide bonds. The molecule has 2 heterocycles. The molecule has 0 saturated carbocycles. The molecule has 0 fully saturated rings. The van der Waals surface area contributed by atoms with Crippen molar-refractivity contribution in [3.63, 3.8) is 0 Å². The van der Waals surface area contributed by atoms with E-state index in [9.17, 15) is 13.2 Å². The molecule has 0 aliphatic carbocycles. The van der Waals surface area contributed by atoms with Crippen LogP contribution < -0.4 is 0 Å². The van der Waals surface area contributed by atoms with Gasteiger partial charge in [-0.15, -0.1) is 0 Å². The first-order valence-corrected chi connectivity index (χ1v) is 20.0. The molecule has 9 aromatic rings. The van der Waals surface area contributed by atoms with Gasteiger partial charge in [-0.1, -0.05) is 120 Å². The van der Waals surface area contributed by atoms with Gasteiger partial charge in [-0.25, -0.2) is 4.85 Å². The van der Waals surface area contributed by atoms with Crippen LogP contribution in [0, 0.1) is 13.5 Å². The Kier molecular flexibility index (Phi) is 8.68. The van der Waals surface area contributed by atoms with Gasteiger partial charge < -0.3 is 9.13 Å². The molecule has 0 radical (unpaired) electrons. The molecule has 292 valence electrons. The molecule has 3 nitrogen and oxygen atoms in total. The van der Waals surface area contributed by atoms with Crippen LogP contribution in [0.25, 0.3) is 82.1 Å². The van der Waals surface area contributed by atoms with Crippen LogP contribution in [-0.4, -0.2) is 9.13 Å². The van der Waals surface area contributed by atoms with Crippen LogP contribution in [0.15, 0.2) is 140 Å². The second kappa shape index (κ2) is 13.5. The predicted octanol–water partition coefficient (Wildman–Crippen LogP) is 15.7. The smallest absolute Gasteiger partial charge is 0.310 e. The summed E-state index contributed by atoms with van der Waals surface area (Å²) in [5, 5.41) is 4.32. The molecule has 2 aromatic heterocycles. The van der Waals surface area contributed by atoms with Crippen LogP contribution >= 0.6 is 0 Å². The lowest BCUT2D eigenvalue weighted by Crippen LogP contribution is -2.10. The summed E-state index contributed by atoms with van der Waals surface area (Å²) in [6, 6.07) is 45.4. The molecule has 0 N–H and O–H groups in total. The topological polar surface area (TPSA) is 14.2 Å². The first-order chi connectivity index (χ1) is 28.1. The Hall–Kier alpha value is -6.58. The van der Waals surface area contributed by atoms with Crippen molar-refractivity contribution < 1.29 is 13.2 Å². The van der Waals surface area contributed by atoms with Crippen molar-refractivity contribution in [2.45, 2.75) is 65.5 Å². The van der Waals surface area contributed by atoms with E-state index in [2.05, 4.69) is 116 Å². The summed E-state index contributed by atoms with van der Waals surface area (Å²) in [5.41, 5.74) is 9.70. The molecule has 0 atom stereocenters. The number of aromatic nitrogens is 2. The Morgan fingerprint density at radius 2 is 1.02 bits per heavy atom. The van der Waals surface area contributed by atoms with Crippen molar-refractivity contribution in [3.8, 4) is 33.6 Å². The zero-order valence-corrected chi connectivity index (χ0v) is 34.3. The third kappa shape index (κ3) is 6.19. The van der Waals surface area contributed by atoms with Crippen LogP contribution in [0.4, 0.5) is 18.9 Å².